The largest absolute Gasteiger partial charge is 0.452 e. The van der Waals surface area contributed by atoms with Gasteiger partial charge in [0.2, 0.25) is 0 Å². The van der Waals surface area contributed by atoms with E-state index in [-0.39, 0.29) is 21.7 Å². The van der Waals surface area contributed by atoms with Crippen LogP contribution in [0.4, 0.5) is 0 Å². The van der Waals surface area contributed by atoms with Crippen LogP contribution in [-0.4, -0.2) is 0 Å². The third-order valence-corrected chi connectivity index (χ3v) is 10.7. The molecule has 2 aromatic heterocycles. The average molecular weight is 633 g/mol. The fourth-order valence-electron chi connectivity index (χ4n) is 7.64. The van der Waals surface area contributed by atoms with Crippen molar-refractivity contribution < 1.29 is 8.83 Å². The zero-order chi connectivity index (χ0) is 34.3. The lowest BCUT2D eigenvalue weighted by molar-refractivity contribution is 0.589. The van der Waals surface area contributed by atoms with Gasteiger partial charge in [0.15, 0.2) is 11.2 Å². The van der Waals surface area contributed by atoms with Crippen LogP contribution in [0.3, 0.4) is 0 Å². The highest BCUT2D eigenvalue weighted by Gasteiger charge is 2.28. The van der Waals surface area contributed by atoms with Crippen LogP contribution >= 0.6 is 0 Å². The van der Waals surface area contributed by atoms with Gasteiger partial charge in [-0.25, -0.2) is 0 Å². The number of rotatable bonds is 0. The molecule has 0 aliphatic carbocycles. The van der Waals surface area contributed by atoms with E-state index in [0.29, 0.717) is 0 Å². The summed E-state index contributed by atoms with van der Waals surface area (Å²) in [5.74, 6) is 0. The molecule has 2 heterocycles. The zero-order valence-electron chi connectivity index (χ0n) is 30.7. The van der Waals surface area contributed by atoms with E-state index in [9.17, 15) is 0 Å². The number of benzene rings is 6. The van der Waals surface area contributed by atoms with E-state index in [1.54, 1.807) is 0 Å². The van der Waals surface area contributed by atoms with E-state index in [2.05, 4.69) is 156 Å². The summed E-state index contributed by atoms with van der Waals surface area (Å²) in [7, 11) is 0. The van der Waals surface area contributed by atoms with Gasteiger partial charge in [0.1, 0.15) is 11.2 Å². The molecule has 2 nitrogen and oxygen atoms in total. The molecule has 0 spiro atoms. The van der Waals surface area contributed by atoms with Crippen molar-refractivity contribution >= 4 is 76.2 Å². The minimum Gasteiger partial charge on any atom is -0.452 e. The zero-order valence-corrected chi connectivity index (χ0v) is 30.7. The molecule has 6 aromatic carbocycles. The maximum Gasteiger partial charge on any atom is 0.179 e. The molecule has 8 aromatic rings. The van der Waals surface area contributed by atoms with Crippen molar-refractivity contribution in [1.82, 2.24) is 0 Å². The van der Waals surface area contributed by atoms with Crippen LogP contribution in [0.1, 0.15) is 105 Å². The quantitative estimate of drug-likeness (QED) is 0.156. The monoisotopic (exact) mass is 632 g/mol. The number of fused-ring (bicyclic) bond motifs is 15. The second kappa shape index (κ2) is 9.65. The maximum absolute atomic E-state index is 6.88. The Morgan fingerprint density at radius 3 is 0.917 bits per heavy atom. The van der Waals surface area contributed by atoms with Crippen LogP contribution in [0.15, 0.2) is 81.6 Å². The van der Waals surface area contributed by atoms with E-state index in [1.807, 2.05) is 0 Å². The third kappa shape index (κ3) is 4.51. The molecule has 244 valence electrons. The summed E-state index contributed by atoms with van der Waals surface area (Å²) in [6.45, 7) is 27.5. The van der Waals surface area contributed by atoms with Crippen LogP contribution in [0.5, 0.6) is 0 Å². The average Bonchev–Trinajstić information content (AvgIpc) is 3.57. The fourth-order valence-corrected chi connectivity index (χ4v) is 7.64. The molecule has 0 amide bonds. The fraction of sp³-hybridized carbons (Fsp3) is 0.348. The predicted octanol–water partition coefficient (Wildman–Crippen LogP) is 14.1. The Kier molecular flexibility index (Phi) is 6.23. The minimum atomic E-state index is 0.000138. The molecule has 0 atom stereocenters. The first kappa shape index (κ1) is 31.0. The number of hydrogen-bond acceptors (Lipinski definition) is 2. The first-order valence-electron chi connectivity index (χ1n) is 17.5. The summed E-state index contributed by atoms with van der Waals surface area (Å²) in [6.07, 6.45) is 0. The molecule has 0 saturated heterocycles. The minimum absolute atomic E-state index is 0.000138. The Hall–Kier alpha value is -4.30. The highest BCUT2D eigenvalue weighted by atomic mass is 16.4. The van der Waals surface area contributed by atoms with Gasteiger partial charge in [0.25, 0.3) is 0 Å². The van der Waals surface area contributed by atoms with E-state index < -0.39 is 0 Å². The van der Waals surface area contributed by atoms with Gasteiger partial charge in [-0.3, -0.25) is 0 Å². The smallest absolute Gasteiger partial charge is 0.179 e. The van der Waals surface area contributed by atoms with Gasteiger partial charge in [-0.05, 0) is 102 Å². The SMILES string of the molecule is CC(C)(C)c1ccc2c(c1)c1cc(C(C)(C)C)ccc1c1c3c4cc(C(C)(C)C)ccc4oc3c3oc4ccc(C(C)(C)C)cc4c3c21. The summed E-state index contributed by atoms with van der Waals surface area (Å²) < 4.78 is 13.8. The number of furan rings is 2. The van der Waals surface area contributed by atoms with Crippen molar-refractivity contribution in [2.45, 2.75) is 105 Å². The maximum atomic E-state index is 6.88. The van der Waals surface area contributed by atoms with Crippen molar-refractivity contribution in [2.24, 2.45) is 0 Å². The van der Waals surface area contributed by atoms with Gasteiger partial charge in [-0.15, -0.1) is 0 Å². The van der Waals surface area contributed by atoms with Crippen molar-refractivity contribution in [1.29, 1.82) is 0 Å². The van der Waals surface area contributed by atoms with Gasteiger partial charge in [-0.2, -0.15) is 0 Å². The van der Waals surface area contributed by atoms with Crippen LogP contribution in [0.25, 0.3) is 76.2 Å². The summed E-state index contributed by atoms with van der Waals surface area (Å²) >= 11 is 0. The Morgan fingerprint density at radius 2 is 0.604 bits per heavy atom. The van der Waals surface area contributed by atoms with Crippen molar-refractivity contribution in [3.63, 3.8) is 0 Å². The molecule has 0 aliphatic rings. The summed E-state index contributed by atoms with van der Waals surface area (Å²) in [6, 6.07) is 27.8. The molecule has 8 rings (SSSR count). The number of hydrogen-bond donors (Lipinski definition) is 0. The lowest BCUT2D eigenvalue weighted by atomic mass is 9.80. The molecule has 0 aliphatic heterocycles. The highest BCUT2D eigenvalue weighted by molar-refractivity contribution is 6.44. The lowest BCUT2D eigenvalue weighted by Gasteiger charge is -2.23. The predicted molar refractivity (Wildman–Crippen MR) is 208 cm³/mol. The summed E-state index contributed by atoms with van der Waals surface area (Å²) in [5.41, 5.74) is 8.75. The van der Waals surface area contributed by atoms with E-state index in [0.717, 1.165) is 43.9 Å². The second-order valence-corrected chi connectivity index (χ2v) is 18.3. The summed E-state index contributed by atoms with van der Waals surface area (Å²) in [4.78, 5) is 0. The van der Waals surface area contributed by atoms with Gasteiger partial charge >= 0.3 is 0 Å². The van der Waals surface area contributed by atoms with E-state index in [1.165, 1.54) is 54.6 Å². The molecule has 0 fully saturated rings. The van der Waals surface area contributed by atoms with Crippen LogP contribution in [0.2, 0.25) is 0 Å². The molecule has 0 saturated carbocycles. The molecule has 0 bridgehead atoms. The van der Waals surface area contributed by atoms with Gasteiger partial charge in [0, 0.05) is 32.3 Å². The van der Waals surface area contributed by atoms with Crippen molar-refractivity contribution in [3.05, 3.63) is 95.1 Å². The molecule has 0 N–H and O–H groups in total. The van der Waals surface area contributed by atoms with Crippen LogP contribution in [0, 0.1) is 0 Å². The molecular weight excluding hydrogens is 585 g/mol. The Morgan fingerprint density at radius 1 is 0.312 bits per heavy atom. The second-order valence-electron chi connectivity index (χ2n) is 18.3. The van der Waals surface area contributed by atoms with E-state index in [4.69, 9.17) is 8.83 Å². The topological polar surface area (TPSA) is 26.3 Å². The Bertz CT molecular complexity index is 2440. The van der Waals surface area contributed by atoms with E-state index >= 15 is 0 Å². The van der Waals surface area contributed by atoms with Crippen LogP contribution in [-0.2, 0) is 21.7 Å². The molecular formula is C46H48O2. The normalized spacial score (nSPS) is 13.8. The van der Waals surface area contributed by atoms with Crippen molar-refractivity contribution in [3.8, 4) is 0 Å². The van der Waals surface area contributed by atoms with Crippen molar-refractivity contribution in [2.75, 3.05) is 0 Å². The van der Waals surface area contributed by atoms with Crippen LogP contribution < -0.4 is 0 Å². The molecule has 0 unspecified atom stereocenters. The lowest BCUT2D eigenvalue weighted by Crippen LogP contribution is -2.11. The first-order valence-corrected chi connectivity index (χ1v) is 17.5. The molecule has 2 heteroatoms. The van der Waals surface area contributed by atoms with Gasteiger partial charge in [0.05, 0.1) is 0 Å². The third-order valence-electron chi connectivity index (χ3n) is 10.7. The Balaban J connectivity index is 1.73. The molecule has 48 heavy (non-hydrogen) atoms. The molecule has 0 radical (unpaired) electrons. The van der Waals surface area contributed by atoms with Gasteiger partial charge in [-0.1, -0.05) is 119 Å². The van der Waals surface area contributed by atoms with Gasteiger partial charge < -0.3 is 8.83 Å². The first-order chi connectivity index (χ1) is 22.3. The Labute approximate surface area is 284 Å². The standard InChI is InChI=1S/C46H48O2/c1-43(2,3)25-13-17-29-31(21-25)32-22-26(44(4,5)6)14-18-30(32)38-37(29)39-33-23-27(45(7,8)9)15-19-35(33)47-41(39)42-40(38)34-24-28(46(10,11)12)16-20-36(34)48-42/h13-24H,1-12H3. The highest BCUT2D eigenvalue weighted by Crippen LogP contribution is 2.51. The summed E-state index contributed by atoms with van der Waals surface area (Å²) in [5, 5.41) is 12.2.